The van der Waals surface area contributed by atoms with E-state index in [1.807, 2.05) is 25.1 Å². The molecule has 1 heterocycles. The van der Waals surface area contributed by atoms with Crippen LogP contribution in [0.25, 0.3) is 0 Å². The lowest BCUT2D eigenvalue weighted by atomic mass is 10.2. The van der Waals surface area contributed by atoms with Gasteiger partial charge >= 0.3 is 0 Å². The lowest BCUT2D eigenvalue weighted by Crippen LogP contribution is -2.00. The smallest absolute Gasteiger partial charge is 0.147 e. The zero-order valence-electron chi connectivity index (χ0n) is 9.33. The van der Waals surface area contributed by atoms with Crippen LogP contribution in [-0.4, -0.2) is 0 Å². The van der Waals surface area contributed by atoms with Crippen molar-refractivity contribution in [1.82, 2.24) is 0 Å². The van der Waals surface area contributed by atoms with Gasteiger partial charge in [-0.15, -0.1) is 0 Å². The van der Waals surface area contributed by atoms with Gasteiger partial charge in [-0.2, -0.15) is 5.26 Å². The Balaban J connectivity index is 2.07. The van der Waals surface area contributed by atoms with E-state index in [0.29, 0.717) is 17.8 Å². The first kappa shape index (κ1) is 11.2. The van der Waals surface area contributed by atoms with Crippen molar-refractivity contribution in [2.75, 3.05) is 5.32 Å². The summed E-state index contributed by atoms with van der Waals surface area (Å²) in [6.45, 7) is 2.27. The molecule has 0 fully saturated rings. The second-order valence-corrected chi connectivity index (χ2v) is 3.67. The average Bonchev–Trinajstić information content (AvgIpc) is 2.73. The number of anilines is 1. The van der Waals surface area contributed by atoms with Crippen LogP contribution in [0.2, 0.25) is 0 Å². The van der Waals surface area contributed by atoms with Gasteiger partial charge < -0.3 is 9.73 Å². The lowest BCUT2D eigenvalue weighted by molar-refractivity contribution is 0.490. The monoisotopic (exact) mass is 230 g/mol. The molecular formula is C13H11FN2O. The van der Waals surface area contributed by atoms with E-state index in [9.17, 15) is 4.39 Å². The molecule has 0 aliphatic carbocycles. The van der Waals surface area contributed by atoms with Gasteiger partial charge in [0, 0.05) is 0 Å². The first-order valence-corrected chi connectivity index (χ1v) is 5.18. The van der Waals surface area contributed by atoms with Gasteiger partial charge in [-0.25, -0.2) is 4.39 Å². The Morgan fingerprint density at radius 2 is 2.18 bits per heavy atom. The van der Waals surface area contributed by atoms with Gasteiger partial charge in [0.1, 0.15) is 17.3 Å². The number of hydrogen-bond acceptors (Lipinski definition) is 3. The van der Waals surface area contributed by atoms with Crippen LogP contribution in [0.1, 0.15) is 17.1 Å². The number of rotatable bonds is 3. The molecule has 4 heteroatoms. The number of benzene rings is 1. The van der Waals surface area contributed by atoms with Crippen LogP contribution in [0.15, 0.2) is 34.7 Å². The van der Waals surface area contributed by atoms with Crippen molar-refractivity contribution in [2.45, 2.75) is 13.5 Å². The quantitative estimate of drug-likeness (QED) is 0.880. The Morgan fingerprint density at radius 1 is 1.35 bits per heavy atom. The highest BCUT2D eigenvalue weighted by atomic mass is 19.1. The van der Waals surface area contributed by atoms with Crippen molar-refractivity contribution in [3.63, 3.8) is 0 Å². The fourth-order valence-corrected chi connectivity index (χ4v) is 1.49. The Labute approximate surface area is 98.5 Å². The van der Waals surface area contributed by atoms with Crippen molar-refractivity contribution in [1.29, 1.82) is 5.26 Å². The maximum atomic E-state index is 13.5. The van der Waals surface area contributed by atoms with Gasteiger partial charge in [0.15, 0.2) is 0 Å². The topological polar surface area (TPSA) is 49.0 Å². The van der Waals surface area contributed by atoms with Crippen LogP contribution in [-0.2, 0) is 6.54 Å². The third-order valence-electron chi connectivity index (χ3n) is 2.35. The molecule has 0 amide bonds. The number of hydrogen-bond donors (Lipinski definition) is 1. The average molecular weight is 230 g/mol. The van der Waals surface area contributed by atoms with Gasteiger partial charge in [-0.05, 0) is 37.3 Å². The largest absolute Gasteiger partial charge is 0.465 e. The normalized spacial score (nSPS) is 9.94. The summed E-state index contributed by atoms with van der Waals surface area (Å²) in [4.78, 5) is 0. The number of nitrogens with zero attached hydrogens (tertiary/aromatic N) is 1. The van der Waals surface area contributed by atoms with E-state index in [2.05, 4.69) is 5.32 Å². The second kappa shape index (κ2) is 4.71. The molecule has 3 nitrogen and oxygen atoms in total. The van der Waals surface area contributed by atoms with E-state index in [-0.39, 0.29) is 0 Å². The molecule has 1 aromatic heterocycles. The van der Waals surface area contributed by atoms with Crippen molar-refractivity contribution >= 4 is 5.69 Å². The summed E-state index contributed by atoms with van der Waals surface area (Å²) in [5.74, 6) is 1.13. The lowest BCUT2D eigenvalue weighted by Gasteiger charge is -2.05. The molecule has 2 rings (SSSR count). The molecule has 0 unspecified atom stereocenters. The van der Waals surface area contributed by atoms with Crippen LogP contribution < -0.4 is 5.32 Å². The van der Waals surface area contributed by atoms with Crippen molar-refractivity contribution in [2.24, 2.45) is 0 Å². The van der Waals surface area contributed by atoms with Crippen LogP contribution >= 0.6 is 0 Å². The third-order valence-corrected chi connectivity index (χ3v) is 2.35. The molecule has 2 aromatic rings. The minimum Gasteiger partial charge on any atom is -0.465 e. The first-order chi connectivity index (χ1) is 8.19. The molecule has 0 saturated carbocycles. The summed E-state index contributed by atoms with van der Waals surface area (Å²) in [6.07, 6.45) is 0. The molecule has 86 valence electrons. The fraction of sp³-hybridized carbons (Fsp3) is 0.154. The Bertz CT molecular complexity index is 569. The number of aryl methyl sites for hydroxylation is 1. The van der Waals surface area contributed by atoms with E-state index >= 15 is 0 Å². The molecule has 1 aromatic carbocycles. The number of nitrogens with one attached hydrogen (secondary N) is 1. The van der Waals surface area contributed by atoms with Gasteiger partial charge in [0.2, 0.25) is 0 Å². The molecule has 0 aliphatic rings. The molecule has 17 heavy (non-hydrogen) atoms. The highest BCUT2D eigenvalue weighted by molar-refractivity contribution is 5.48. The van der Waals surface area contributed by atoms with Gasteiger partial charge in [0.05, 0.1) is 23.9 Å². The number of halogens is 1. The number of nitriles is 1. The first-order valence-electron chi connectivity index (χ1n) is 5.18. The third kappa shape index (κ3) is 2.64. The second-order valence-electron chi connectivity index (χ2n) is 3.67. The van der Waals surface area contributed by atoms with Crippen molar-refractivity contribution in [3.8, 4) is 6.07 Å². The van der Waals surface area contributed by atoms with E-state index in [0.717, 1.165) is 11.5 Å². The maximum Gasteiger partial charge on any atom is 0.147 e. The molecule has 0 bridgehead atoms. The van der Waals surface area contributed by atoms with Crippen LogP contribution in [0.5, 0.6) is 0 Å². The maximum absolute atomic E-state index is 13.5. The van der Waals surface area contributed by atoms with Crippen LogP contribution in [0, 0.1) is 24.1 Å². The Kier molecular flexibility index (Phi) is 3.10. The molecule has 0 saturated heterocycles. The fourth-order valence-electron chi connectivity index (χ4n) is 1.49. The molecule has 0 aliphatic heterocycles. The van der Waals surface area contributed by atoms with Gasteiger partial charge in [-0.3, -0.25) is 0 Å². The summed E-state index contributed by atoms with van der Waals surface area (Å²) >= 11 is 0. The number of furan rings is 1. The van der Waals surface area contributed by atoms with Crippen molar-refractivity contribution in [3.05, 3.63) is 53.2 Å². The van der Waals surface area contributed by atoms with Gasteiger partial charge in [0.25, 0.3) is 0 Å². The predicted octanol–water partition coefficient (Wildman–Crippen LogP) is 3.21. The van der Waals surface area contributed by atoms with E-state index in [1.54, 1.807) is 12.1 Å². The predicted molar refractivity (Wildman–Crippen MR) is 61.9 cm³/mol. The van der Waals surface area contributed by atoms with Crippen LogP contribution in [0.4, 0.5) is 10.1 Å². The summed E-state index contributed by atoms with van der Waals surface area (Å²) in [5, 5.41) is 11.5. The zero-order chi connectivity index (χ0) is 12.3. The van der Waals surface area contributed by atoms with Crippen molar-refractivity contribution < 1.29 is 8.81 Å². The van der Waals surface area contributed by atoms with Gasteiger partial charge in [-0.1, -0.05) is 0 Å². The molecule has 0 radical (unpaired) electrons. The highest BCUT2D eigenvalue weighted by Crippen LogP contribution is 2.17. The Hall–Kier alpha value is -2.28. The van der Waals surface area contributed by atoms with Crippen LogP contribution in [0.3, 0.4) is 0 Å². The highest BCUT2D eigenvalue weighted by Gasteiger charge is 2.04. The zero-order valence-corrected chi connectivity index (χ0v) is 9.33. The molecular weight excluding hydrogens is 219 g/mol. The van der Waals surface area contributed by atoms with E-state index in [1.165, 1.54) is 6.07 Å². The summed E-state index contributed by atoms with van der Waals surface area (Å²) in [5.41, 5.74) is 0.667. The standard InChI is InChI=1S/C13H11FN2O/c1-9-2-4-11(17-9)8-16-13-5-3-10(7-15)6-12(13)14/h2-6,16H,8H2,1H3. The van der Waals surface area contributed by atoms with E-state index < -0.39 is 5.82 Å². The van der Waals surface area contributed by atoms with E-state index in [4.69, 9.17) is 9.68 Å². The Morgan fingerprint density at radius 3 is 2.76 bits per heavy atom. The SMILES string of the molecule is Cc1ccc(CNc2ccc(C#N)cc2F)o1. The summed E-state index contributed by atoms with van der Waals surface area (Å²) in [7, 11) is 0. The minimum absolute atomic E-state index is 0.307. The minimum atomic E-state index is -0.438. The summed E-state index contributed by atoms with van der Waals surface area (Å²) in [6, 6.07) is 9.89. The molecule has 0 atom stereocenters. The molecule has 1 N–H and O–H groups in total. The molecule has 0 spiro atoms. The summed E-state index contributed by atoms with van der Waals surface area (Å²) < 4.78 is 18.9.